The Morgan fingerprint density at radius 3 is 2.71 bits per heavy atom. The molecule has 2 unspecified atom stereocenters. The number of rotatable bonds is 6. The zero-order valence-electron chi connectivity index (χ0n) is 12.6. The van der Waals surface area contributed by atoms with Crippen LogP contribution >= 0.6 is 11.8 Å². The van der Waals surface area contributed by atoms with E-state index in [0.717, 1.165) is 19.3 Å². The summed E-state index contributed by atoms with van der Waals surface area (Å²) >= 11 is 1.73. The van der Waals surface area contributed by atoms with Gasteiger partial charge in [0, 0.05) is 29.7 Å². The molecule has 1 aromatic rings. The van der Waals surface area contributed by atoms with E-state index in [-0.39, 0.29) is 17.5 Å². The number of sulfonamides is 1. The average Bonchev–Trinajstić information content (AvgIpc) is 2.91. The smallest absolute Gasteiger partial charge is 0.242 e. The summed E-state index contributed by atoms with van der Waals surface area (Å²) in [5.41, 5.74) is 0.628. The van der Waals surface area contributed by atoms with E-state index in [0.29, 0.717) is 17.5 Å². The van der Waals surface area contributed by atoms with Gasteiger partial charge in [-0.1, -0.05) is 12.8 Å². The largest absolute Gasteiger partial charge is 0.390 e. The first-order valence-corrected chi connectivity index (χ1v) is 10.1. The van der Waals surface area contributed by atoms with Crippen LogP contribution in [0.4, 0.5) is 0 Å². The van der Waals surface area contributed by atoms with Gasteiger partial charge in [0.2, 0.25) is 10.0 Å². The van der Waals surface area contributed by atoms with Gasteiger partial charge in [-0.05, 0) is 32.1 Å². The van der Waals surface area contributed by atoms with Gasteiger partial charge in [0.05, 0.1) is 11.5 Å². The molecule has 120 valence electrons. The molecule has 1 fully saturated rings. The SMILES string of the molecule is CCn1cc(S(=O)(=O)NC2CCCCC2SC)cc1CO. The lowest BCUT2D eigenvalue weighted by Crippen LogP contribution is -2.43. The van der Waals surface area contributed by atoms with Gasteiger partial charge in [-0.2, -0.15) is 11.8 Å². The monoisotopic (exact) mass is 332 g/mol. The second kappa shape index (κ2) is 7.17. The van der Waals surface area contributed by atoms with E-state index in [1.807, 2.05) is 13.2 Å². The summed E-state index contributed by atoms with van der Waals surface area (Å²) in [5, 5.41) is 9.64. The fourth-order valence-electron chi connectivity index (χ4n) is 2.88. The number of nitrogens with zero attached hydrogens (tertiary/aromatic N) is 1. The van der Waals surface area contributed by atoms with Gasteiger partial charge in [0.1, 0.15) is 0 Å². The Morgan fingerprint density at radius 2 is 2.14 bits per heavy atom. The van der Waals surface area contributed by atoms with E-state index in [9.17, 15) is 13.5 Å². The molecule has 1 aliphatic carbocycles. The highest BCUT2D eigenvalue weighted by atomic mass is 32.2. The maximum Gasteiger partial charge on any atom is 0.242 e. The van der Waals surface area contributed by atoms with Gasteiger partial charge in [-0.15, -0.1) is 0 Å². The van der Waals surface area contributed by atoms with Crippen LogP contribution in [0.25, 0.3) is 0 Å². The quantitative estimate of drug-likeness (QED) is 0.835. The van der Waals surface area contributed by atoms with Gasteiger partial charge < -0.3 is 9.67 Å². The number of aromatic nitrogens is 1. The van der Waals surface area contributed by atoms with Crippen LogP contribution in [-0.2, 0) is 23.2 Å². The molecule has 2 rings (SSSR count). The van der Waals surface area contributed by atoms with Crippen LogP contribution in [-0.4, -0.2) is 35.6 Å². The summed E-state index contributed by atoms with van der Waals surface area (Å²) < 4.78 is 29.7. The Labute approximate surface area is 131 Å². The Balaban J connectivity index is 2.19. The van der Waals surface area contributed by atoms with Crippen molar-refractivity contribution in [3.05, 3.63) is 18.0 Å². The van der Waals surface area contributed by atoms with Crippen LogP contribution in [0.3, 0.4) is 0 Å². The maximum atomic E-state index is 12.5. The summed E-state index contributed by atoms with van der Waals surface area (Å²) in [7, 11) is -3.52. The minimum absolute atomic E-state index is 0.00121. The lowest BCUT2D eigenvalue weighted by atomic mass is 9.96. The Bertz CT molecular complexity index is 547. The first kappa shape index (κ1) is 16.9. The number of aryl methyl sites for hydroxylation is 1. The number of thioether (sulfide) groups is 1. The summed E-state index contributed by atoms with van der Waals surface area (Å²) in [5.74, 6) is 0. The summed E-state index contributed by atoms with van der Waals surface area (Å²) in [6.07, 6.45) is 7.84. The predicted octanol–water partition coefficient (Wildman–Crippen LogP) is 1.95. The molecule has 0 aliphatic heterocycles. The molecule has 0 radical (unpaired) electrons. The highest BCUT2D eigenvalue weighted by Gasteiger charge is 2.29. The highest BCUT2D eigenvalue weighted by Crippen LogP contribution is 2.28. The summed E-state index contributed by atoms with van der Waals surface area (Å²) in [6, 6.07) is 1.56. The Hall–Kier alpha value is -0.500. The minimum atomic E-state index is -3.52. The van der Waals surface area contributed by atoms with Crippen molar-refractivity contribution in [1.29, 1.82) is 0 Å². The van der Waals surface area contributed by atoms with E-state index in [1.165, 1.54) is 6.42 Å². The van der Waals surface area contributed by atoms with Crippen molar-refractivity contribution in [3.8, 4) is 0 Å². The molecule has 7 heteroatoms. The van der Waals surface area contributed by atoms with Crippen molar-refractivity contribution in [2.75, 3.05) is 6.26 Å². The van der Waals surface area contributed by atoms with Crippen molar-refractivity contribution in [1.82, 2.24) is 9.29 Å². The van der Waals surface area contributed by atoms with Crippen LogP contribution in [0.15, 0.2) is 17.2 Å². The number of hydrogen-bond donors (Lipinski definition) is 2. The molecule has 0 bridgehead atoms. The molecular weight excluding hydrogens is 308 g/mol. The maximum absolute atomic E-state index is 12.5. The zero-order valence-corrected chi connectivity index (χ0v) is 14.2. The van der Waals surface area contributed by atoms with Crippen LogP contribution in [0, 0.1) is 0 Å². The highest BCUT2D eigenvalue weighted by molar-refractivity contribution is 7.99. The topological polar surface area (TPSA) is 71.3 Å². The van der Waals surface area contributed by atoms with E-state index >= 15 is 0 Å². The Morgan fingerprint density at radius 1 is 1.43 bits per heavy atom. The zero-order chi connectivity index (χ0) is 15.5. The number of aliphatic hydroxyl groups excluding tert-OH is 1. The van der Waals surface area contributed by atoms with Gasteiger partial charge >= 0.3 is 0 Å². The van der Waals surface area contributed by atoms with E-state index < -0.39 is 10.0 Å². The molecule has 2 atom stereocenters. The predicted molar refractivity (Wildman–Crippen MR) is 85.9 cm³/mol. The van der Waals surface area contributed by atoms with Crippen LogP contribution in [0.5, 0.6) is 0 Å². The van der Waals surface area contributed by atoms with Gasteiger partial charge in [0.15, 0.2) is 0 Å². The molecule has 1 saturated carbocycles. The molecule has 0 aromatic carbocycles. The Kier molecular flexibility index (Phi) is 5.76. The third-order valence-electron chi connectivity index (χ3n) is 4.09. The molecular formula is C14H24N2O3S2. The van der Waals surface area contributed by atoms with Crippen molar-refractivity contribution >= 4 is 21.8 Å². The van der Waals surface area contributed by atoms with Crippen LogP contribution < -0.4 is 4.72 Å². The van der Waals surface area contributed by atoms with E-state index in [2.05, 4.69) is 4.72 Å². The van der Waals surface area contributed by atoms with Crippen molar-refractivity contribution < 1.29 is 13.5 Å². The number of aliphatic hydroxyl groups is 1. The average molecular weight is 332 g/mol. The fourth-order valence-corrected chi connectivity index (χ4v) is 5.27. The van der Waals surface area contributed by atoms with Gasteiger partial charge in [-0.25, -0.2) is 13.1 Å². The van der Waals surface area contributed by atoms with Crippen molar-refractivity contribution in [2.24, 2.45) is 0 Å². The van der Waals surface area contributed by atoms with E-state index in [1.54, 1.807) is 28.6 Å². The fraction of sp³-hybridized carbons (Fsp3) is 0.714. The molecule has 21 heavy (non-hydrogen) atoms. The van der Waals surface area contributed by atoms with Crippen LogP contribution in [0.1, 0.15) is 38.3 Å². The molecule has 1 aliphatic rings. The number of hydrogen-bond acceptors (Lipinski definition) is 4. The first-order chi connectivity index (χ1) is 10.0. The van der Waals surface area contributed by atoms with Crippen molar-refractivity contribution in [2.45, 2.75) is 61.9 Å². The van der Waals surface area contributed by atoms with E-state index in [4.69, 9.17) is 0 Å². The van der Waals surface area contributed by atoms with Gasteiger partial charge in [-0.3, -0.25) is 0 Å². The molecule has 1 heterocycles. The molecule has 0 saturated heterocycles. The normalized spacial score (nSPS) is 23.4. The minimum Gasteiger partial charge on any atom is -0.390 e. The van der Waals surface area contributed by atoms with Crippen molar-refractivity contribution in [3.63, 3.8) is 0 Å². The summed E-state index contributed by atoms with van der Waals surface area (Å²) in [4.78, 5) is 0.249. The molecule has 5 nitrogen and oxygen atoms in total. The molecule has 1 aromatic heterocycles. The molecule has 0 amide bonds. The molecule has 2 N–H and O–H groups in total. The lowest BCUT2D eigenvalue weighted by molar-refractivity contribution is 0.271. The third kappa shape index (κ3) is 3.83. The van der Waals surface area contributed by atoms with Gasteiger partial charge in [0.25, 0.3) is 0 Å². The molecule has 0 spiro atoms. The third-order valence-corrected chi connectivity index (χ3v) is 6.71. The summed E-state index contributed by atoms with van der Waals surface area (Å²) in [6.45, 7) is 2.41. The first-order valence-electron chi connectivity index (χ1n) is 7.36. The standard InChI is InChI=1S/C14H24N2O3S2/c1-3-16-9-12(8-11(16)10-17)21(18,19)15-13-6-4-5-7-14(13)20-2/h8-9,13-15,17H,3-7,10H2,1-2H3. The number of nitrogens with one attached hydrogen (secondary N) is 1. The van der Waals surface area contributed by atoms with Crippen LogP contribution in [0.2, 0.25) is 0 Å². The lowest BCUT2D eigenvalue weighted by Gasteiger charge is -2.30. The second-order valence-electron chi connectivity index (χ2n) is 5.40. The second-order valence-corrected chi connectivity index (χ2v) is 8.19.